The van der Waals surface area contributed by atoms with Crippen molar-refractivity contribution in [1.82, 2.24) is 5.32 Å². The second-order valence-electron chi connectivity index (χ2n) is 3.99. The molecule has 88 valence electrons. The average Bonchev–Trinajstić information content (AvgIpc) is 2.68. The third kappa shape index (κ3) is 2.69. The summed E-state index contributed by atoms with van der Waals surface area (Å²) >= 11 is 6.82. The van der Waals surface area contributed by atoms with Crippen molar-refractivity contribution < 1.29 is 9.21 Å². The van der Waals surface area contributed by atoms with Crippen molar-refractivity contribution in [3.63, 3.8) is 0 Å². The van der Waals surface area contributed by atoms with Crippen LogP contribution in [0.4, 0.5) is 0 Å². The van der Waals surface area contributed by atoms with Crippen LogP contribution in [0.1, 0.15) is 36.0 Å². The SMILES string of the molecule is O=C(NC1CCCCC1Br)c1ccoc1Br. The van der Waals surface area contributed by atoms with Crippen LogP contribution in [0, 0.1) is 0 Å². The zero-order valence-corrected chi connectivity index (χ0v) is 11.9. The molecule has 0 bridgehead atoms. The van der Waals surface area contributed by atoms with E-state index in [1.165, 1.54) is 19.1 Å². The van der Waals surface area contributed by atoms with Gasteiger partial charge in [-0.2, -0.15) is 0 Å². The number of amides is 1. The van der Waals surface area contributed by atoms with E-state index >= 15 is 0 Å². The molecule has 0 spiro atoms. The van der Waals surface area contributed by atoms with Crippen molar-refractivity contribution in [2.45, 2.75) is 36.6 Å². The Labute approximate surface area is 111 Å². The highest BCUT2D eigenvalue weighted by atomic mass is 79.9. The lowest BCUT2D eigenvalue weighted by molar-refractivity contribution is 0.0928. The van der Waals surface area contributed by atoms with Gasteiger partial charge in [0.15, 0.2) is 4.67 Å². The van der Waals surface area contributed by atoms with Crippen LogP contribution in [0.15, 0.2) is 21.4 Å². The molecule has 1 fully saturated rings. The first-order valence-corrected chi connectivity index (χ1v) is 7.07. The molecule has 1 N–H and O–H groups in total. The normalized spacial score (nSPS) is 25.4. The van der Waals surface area contributed by atoms with Gasteiger partial charge >= 0.3 is 0 Å². The van der Waals surface area contributed by atoms with Crippen LogP contribution >= 0.6 is 31.9 Å². The van der Waals surface area contributed by atoms with Gasteiger partial charge in [0.1, 0.15) is 0 Å². The highest BCUT2D eigenvalue weighted by Gasteiger charge is 2.25. The van der Waals surface area contributed by atoms with E-state index in [9.17, 15) is 4.79 Å². The number of carbonyl (C=O) groups excluding carboxylic acids is 1. The Morgan fingerprint density at radius 2 is 2.19 bits per heavy atom. The summed E-state index contributed by atoms with van der Waals surface area (Å²) in [7, 11) is 0. The summed E-state index contributed by atoms with van der Waals surface area (Å²) in [5.41, 5.74) is 0.560. The molecule has 2 atom stereocenters. The average molecular weight is 351 g/mol. The minimum Gasteiger partial charge on any atom is -0.457 e. The van der Waals surface area contributed by atoms with Crippen LogP contribution in [0.25, 0.3) is 0 Å². The first-order valence-electron chi connectivity index (χ1n) is 5.36. The maximum absolute atomic E-state index is 11.9. The molecule has 1 aromatic rings. The molecule has 0 aromatic carbocycles. The van der Waals surface area contributed by atoms with Crippen LogP contribution < -0.4 is 5.32 Å². The molecule has 0 saturated heterocycles. The highest BCUT2D eigenvalue weighted by molar-refractivity contribution is 9.10. The number of hydrogen-bond donors (Lipinski definition) is 1. The fourth-order valence-corrected chi connectivity index (χ4v) is 3.09. The van der Waals surface area contributed by atoms with Crippen molar-refractivity contribution in [3.8, 4) is 0 Å². The van der Waals surface area contributed by atoms with Crippen molar-refractivity contribution in [1.29, 1.82) is 0 Å². The van der Waals surface area contributed by atoms with Gasteiger partial charge in [0, 0.05) is 10.9 Å². The maximum atomic E-state index is 11.9. The van der Waals surface area contributed by atoms with Crippen LogP contribution in [0.2, 0.25) is 0 Å². The number of furan rings is 1. The van der Waals surface area contributed by atoms with Gasteiger partial charge in [0.05, 0.1) is 11.8 Å². The monoisotopic (exact) mass is 349 g/mol. The molecular formula is C11H13Br2NO2. The largest absolute Gasteiger partial charge is 0.457 e. The van der Waals surface area contributed by atoms with Crippen LogP contribution in [-0.4, -0.2) is 16.8 Å². The van der Waals surface area contributed by atoms with Gasteiger partial charge in [-0.3, -0.25) is 4.79 Å². The fraction of sp³-hybridized carbons (Fsp3) is 0.545. The van der Waals surface area contributed by atoms with Crippen molar-refractivity contribution in [3.05, 3.63) is 22.6 Å². The molecule has 1 amide bonds. The third-order valence-corrected chi connectivity index (χ3v) is 4.57. The number of halogens is 2. The van der Waals surface area contributed by atoms with E-state index in [2.05, 4.69) is 37.2 Å². The Morgan fingerprint density at radius 1 is 1.44 bits per heavy atom. The summed E-state index contributed by atoms with van der Waals surface area (Å²) in [5, 5.41) is 3.04. The summed E-state index contributed by atoms with van der Waals surface area (Å²) in [6.07, 6.45) is 6.08. The number of carbonyl (C=O) groups is 1. The van der Waals surface area contributed by atoms with Gasteiger partial charge in [-0.25, -0.2) is 0 Å². The lowest BCUT2D eigenvalue weighted by atomic mass is 9.95. The molecule has 5 heteroatoms. The molecule has 1 saturated carbocycles. The summed E-state index contributed by atoms with van der Waals surface area (Å²) in [4.78, 5) is 12.3. The number of hydrogen-bond acceptors (Lipinski definition) is 2. The Bertz CT molecular complexity index is 378. The third-order valence-electron chi connectivity index (χ3n) is 2.86. The van der Waals surface area contributed by atoms with Crippen LogP contribution in [-0.2, 0) is 0 Å². The smallest absolute Gasteiger partial charge is 0.256 e. The minimum atomic E-state index is -0.0722. The molecule has 0 radical (unpaired) electrons. The van der Waals surface area contributed by atoms with Crippen molar-refractivity contribution in [2.75, 3.05) is 0 Å². The van der Waals surface area contributed by atoms with E-state index < -0.39 is 0 Å². The van der Waals surface area contributed by atoms with Crippen molar-refractivity contribution >= 4 is 37.8 Å². The summed E-state index contributed by atoms with van der Waals surface area (Å²) in [6.45, 7) is 0. The molecule has 1 heterocycles. The van der Waals surface area contributed by atoms with Crippen LogP contribution in [0.5, 0.6) is 0 Å². The minimum absolute atomic E-state index is 0.0722. The van der Waals surface area contributed by atoms with E-state index in [0.717, 1.165) is 12.8 Å². The van der Waals surface area contributed by atoms with Gasteiger partial charge in [-0.15, -0.1) is 0 Å². The quantitative estimate of drug-likeness (QED) is 0.830. The lowest BCUT2D eigenvalue weighted by Crippen LogP contribution is -2.42. The lowest BCUT2D eigenvalue weighted by Gasteiger charge is -2.28. The van der Waals surface area contributed by atoms with E-state index in [-0.39, 0.29) is 11.9 Å². The second-order valence-corrected chi connectivity index (χ2v) is 5.88. The zero-order chi connectivity index (χ0) is 11.5. The Balaban J connectivity index is 1.99. The summed E-state index contributed by atoms with van der Waals surface area (Å²) in [5.74, 6) is -0.0722. The van der Waals surface area contributed by atoms with E-state index in [4.69, 9.17) is 4.42 Å². The molecule has 2 unspecified atom stereocenters. The molecule has 1 aliphatic rings. The van der Waals surface area contributed by atoms with E-state index in [1.807, 2.05) is 0 Å². The van der Waals surface area contributed by atoms with Gasteiger partial charge in [-0.05, 0) is 34.8 Å². The topological polar surface area (TPSA) is 42.2 Å². The first-order chi connectivity index (χ1) is 7.68. The highest BCUT2D eigenvalue weighted by Crippen LogP contribution is 2.25. The summed E-state index contributed by atoms with van der Waals surface area (Å²) in [6, 6.07) is 1.90. The second kappa shape index (κ2) is 5.36. The van der Waals surface area contributed by atoms with Gasteiger partial charge in [0.2, 0.25) is 0 Å². The van der Waals surface area contributed by atoms with Crippen LogP contribution in [0.3, 0.4) is 0 Å². The molecule has 3 nitrogen and oxygen atoms in total. The first kappa shape index (κ1) is 12.2. The summed E-state index contributed by atoms with van der Waals surface area (Å²) < 4.78 is 5.54. The van der Waals surface area contributed by atoms with Gasteiger partial charge < -0.3 is 9.73 Å². The predicted octanol–water partition coefficient (Wildman–Crippen LogP) is 3.48. The number of alkyl halides is 1. The molecule has 2 rings (SSSR count). The van der Waals surface area contributed by atoms with E-state index in [1.54, 1.807) is 6.07 Å². The van der Waals surface area contributed by atoms with Gasteiger partial charge in [0.25, 0.3) is 5.91 Å². The number of nitrogens with one attached hydrogen (secondary N) is 1. The Morgan fingerprint density at radius 3 is 2.81 bits per heavy atom. The Kier molecular flexibility index (Phi) is 4.08. The predicted molar refractivity (Wildman–Crippen MR) is 68.8 cm³/mol. The molecule has 1 aliphatic carbocycles. The number of rotatable bonds is 2. The standard InChI is InChI=1S/C11H13Br2NO2/c12-8-3-1-2-4-9(8)14-11(15)7-5-6-16-10(7)13/h5-6,8-9H,1-4H2,(H,14,15). The van der Waals surface area contributed by atoms with Gasteiger partial charge in [-0.1, -0.05) is 28.8 Å². The molecule has 0 aliphatic heterocycles. The van der Waals surface area contributed by atoms with E-state index in [0.29, 0.717) is 15.1 Å². The van der Waals surface area contributed by atoms with Crippen molar-refractivity contribution in [2.24, 2.45) is 0 Å². The molecule has 1 aromatic heterocycles. The molecular weight excluding hydrogens is 338 g/mol. The Hall–Kier alpha value is -0.290. The molecule has 16 heavy (non-hydrogen) atoms. The fourth-order valence-electron chi connectivity index (χ4n) is 1.95. The zero-order valence-electron chi connectivity index (χ0n) is 8.71. The maximum Gasteiger partial charge on any atom is 0.256 e.